The van der Waals surface area contributed by atoms with E-state index < -0.39 is 0 Å². The van der Waals surface area contributed by atoms with Crippen molar-refractivity contribution in [1.82, 2.24) is 0 Å². The zero-order valence-corrected chi connectivity index (χ0v) is 8.72. The molecule has 0 aliphatic carbocycles. The van der Waals surface area contributed by atoms with Gasteiger partial charge in [0.05, 0.1) is 11.6 Å². The molecule has 0 heterocycles. The van der Waals surface area contributed by atoms with E-state index in [9.17, 15) is 4.79 Å². The number of carbonyl (C=O) groups is 1. The molecule has 0 saturated heterocycles. The van der Waals surface area contributed by atoms with Gasteiger partial charge in [-0.3, -0.25) is 4.79 Å². The summed E-state index contributed by atoms with van der Waals surface area (Å²) < 4.78 is 0. The second-order valence-corrected chi connectivity index (χ2v) is 3.35. The number of Topliss-reactive ketones (excluding diaryl/α,β-unsaturated/α-hetero) is 1. The Hall–Kier alpha value is -1.62. The van der Waals surface area contributed by atoms with Gasteiger partial charge < -0.3 is 0 Å². The van der Waals surface area contributed by atoms with Crippen LogP contribution < -0.4 is 0 Å². The Morgan fingerprint density at radius 2 is 2.14 bits per heavy atom. The van der Waals surface area contributed by atoms with Crippen molar-refractivity contribution in [1.29, 1.82) is 5.26 Å². The van der Waals surface area contributed by atoms with Crippen LogP contribution in [0.15, 0.2) is 12.1 Å². The second-order valence-electron chi connectivity index (χ2n) is 3.35. The lowest BCUT2D eigenvalue weighted by Crippen LogP contribution is -2.02. The van der Waals surface area contributed by atoms with Gasteiger partial charge in [0.25, 0.3) is 0 Å². The van der Waals surface area contributed by atoms with Gasteiger partial charge in [0, 0.05) is 5.56 Å². The SMILES string of the molecule is CCc1cc(C#N)cc(C)c1C(C)=O. The minimum absolute atomic E-state index is 0.0730. The summed E-state index contributed by atoms with van der Waals surface area (Å²) in [4.78, 5) is 11.4. The average molecular weight is 187 g/mol. The molecule has 1 aromatic carbocycles. The molecule has 1 rings (SSSR count). The minimum atomic E-state index is 0.0730. The first kappa shape index (κ1) is 10.5. The van der Waals surface area contributed by atoms with E-state index in [1.807, 2.05) is 13.8 Å². The number of nitriles is 1. The fourth-order valence-corrected chi connectivity index (χ4v) is 1.71. The van der Waals surface area contributed by atoms with Crippen molar-refractivity contribution < 1.29 is 4.79 Å². The molecule has 0 spiro atoms. The summed E-state index contributed by atoms with van der Waals surface area (Å²) in [5.74, 6) is 0.0730. The Balaban J connectivity index is 3.44. The molecule has 14 heavy (non-hydrogen) atoms. The van der Waals surface area contributed by atoms with Gasteiger partial charge in [-0.2, -0.15) is 5.26 Å². The third kappa shape index (κ3) is 1.82. The topological polar surface area (TPSA) is 40.9 Å². The molecule has 1 aromatic rings. The Morgan fingerprint density at radius 3 is 2.57 bits per heavy atom. The third-order valence-electron chi connectivity index (χ3n) is 2.28. The zero-order valence-electron chi connectivity index (χ0n) is 8.72. The predicted octanol–water partition coefficient (Wildman–Crippen LogP) is 2.63. The van der Waals surface area contributed by atoms with E-state index in [-0.39, 0.29) is 5.78 Å². The van der Waals surface area contributed by atoms with Crippen LogP contribution in [0.25, 0.3) is 0 Å². The van der Waals surface area contributed by atoms with Crippen molar-refractivity contribution in [2.24, 2.45) is 0 Å². The van der Waals surface area contributed by atoms with Crippen molar-refractivity contribution in [2.45, 2.75) is 27.2 Å². The maximum Gasteiger partial charge on any atom is 0.160 e. The highest BCUT2D eigenvalue weighted by molar-refractivity contribution is 5.97. The van der Waals surface area contributed by atoms with Crippen molar-refractivity contribution in [3.05, 3.63) is 34.4 Å². The summed E-state index contributed by atoms with van der Waals surface area (Å²) in [5.41, 5.74) is 3.26. The Labute approximate surface area is 84.2 Å². The molecule has 2 heteroatoms. The van der Waals surface area contributed by atoms with Crippen LogP contribution in [-0.2, 0) is 6.42 Å². The highest BCUT2D eigenvalue weighted by Gasteiger charge is 2.10. The first-order valence-corrected chi connectivity index (χ1v) is 4.64. The molecule has 0 amide bonds. The molecule has 0 atom stereocenters. The molecule has 0 bridgehead atoms. The number of rotatable bonds is 2. The Bertz CT molecular complexity index is 413. The first-order chi connectivity index (χ1) is 6.60. The minimum Gasteiger partial charge on any atom is -0.294 e. The van der Waals surface area contributed by atoms with Gasteiger partial charge in [-0.1, -0.05) is 6.92 Å². The van der Waals surface area contributed by atoms with Crippen LogP contribution >= 0.6 is 0 Å². The molecular formula is C12H13NO. The van der Waals surface area contributed by atoms with Crippen molar-refractivity contribution >= 4 is 5.78 Å². The molecule has 0 saturated carbocycles. The van der Waals surface area contributed by atoms with Gasteiger partial charge in [0.1, 0.15) is 0 Å². The first-order valence-electron chi connectivity index (χ1n) is 4.64. The largest absolute Gasteiger partial charge is 0.294 e. The van der Waals surface area contributed by atoms with Crippen LogP contribution in [0.3, 0.4) is 0 Å². The smallest absolute Gasteiger partial charge is 0.160 e. The molecular weight excluding hydrogens is 174 g/mol. The van der Waals surface area contributed by atoms with E-state index in [4.69, 9.17) is 5.26 Å². The predicted molar refractivity (Wildman–Crippen MR) is 55.3 cm³/mol. The lowest BCUT2D eigenvalue weighted by atomic mass is 9.95. The summed E-state index contributed by atoms with van der Waals surface area (Å²) in [7, 11) is 0. The van der Waals surface area contributed by atoms with Gasteiger partial charge in [-0.05, 0) is 43.5 Å². The van der Waals surface area contributed by atoms with E-state index >= 15 is 0 Å². The summed E-state index contributed by atoms with van der Waals surface area (Å²) in [6, 6.07) is 5.65. The van der Waals surface area contributed by atoms with Crippen LogP contribution in [0, 0.1) is 18.3 Å². The van der Waals surface area contributed by atoms with Crippen molar-refractivity contribution in [2.75, 3.05) is 0 Å². The number of benzene rings is 1. The number of ketones is 1. The fraction of sp³-hybridized carbons (Fsp3) is 0.333. The van der Waals surface area contributed by atoms with E-state index in [0.29, 0.717) is 5.56 Å². The van der Waals surface area contributed by atoms with Gasteiger partial charge in [-0.15, -0.1) is 0 Å². The lowest BCUT2D eigenvalue weighted by Gasteiger charge is -2.08. The Kier molecular flexibility index (Phi) is 3.03. The van der Waals surface area contributed by atoms with Crippen LogP contribution in [0.2, 0.25) is 0 Å². The maximum absolute atomic E-state index is 11.4. The van der Waals surface area contributed by atoms with Gasteiger partial charge in [0.15, 0.2) is 5.78 Å². The molecule has 0 aliphatic rings. The Morgan fingerprint density at radius 1 is 1.50 bits per heavy atom. The highest BCUT2D eigenvalue weighted by Crippen LogP contribution is 2.18. The quantitative estimate of drug-likeness (QED) is 0.668. The van der Waals surface area contributed by atoms with Gasteiger partial charge in [0.2, 0.25) is 0 Å². The molecule has 0 aliphatic heterocycles. The number of aryl methyl sites for hydroxylation is 2. The van der Waals surface area contributed by atoms with Crippen LogP contribution in [0.1, 0.15) is 40.9 Å². The summed E-state index contributed by atoms with van der Waals surface area (Å²) >= 11 is 0. The monoisotopic (exact) mass is 187 g/mol. The second kappa shape index (κ2) is 4.06. The van der Waals surface area contributed by atoms with Gasteiger partial charge >= 0.3 is 0 Å². The highest BCUT2D eigenvalue weighted by atomic mass is 16.1. The summed E-state index contributed by atoms with van der Waals surface area (Å²) in [6.45, 7) is 5.42. The lowest BCUT2D eigenvalue weighted by molar-refractivity contribution is 0.101. The summed E-state index contributed by atoms with van der Waals surface area (Å²) in [5, 5.41) is 8.78. The van der Waals surface area contributed by atoms with Gasteiger partial charge in [-0.25, -0.2) is 0 Å². The number of hydrogen-bond donors (Lipinski definition) is 0. The van der Waals surface area contributed by atoms with Crippen LogP contribution in [0.4, 0.5) is 0 Å². The van der Waals surface area contributed by atoms with Crippen LogP contribution in [0.5, 0.6) is 0 Å². The molecule has 72 valence electrons. The fourth-order valence-electron chi connectivity index (χ4n) is 1.71. The maximum atomic E-state index is 11.4. The molecule has 0 aromatic heterocycles. The number of nitrogens with zero attached hydrogens (tertiary/aromatic N) is 1. The summed E-state index contributed by atoms with van der Waals surface area (Å²) in [6.07, 6.45) is 0.783. The van der Waals surface area contributed by atoms with E-state index in [0.717, 1.165) is 23.1 Å². The van der Waals surface area contributed by atoms with Crippen molar-refractivity contribution in [3.63, 3.8) is 0 Å². The molecule has 0 fully saturated rings. The standard InChI is InChI=1S/C12H13NO/c1-4-11-6-10(7-13)5-8(2)12(11)9(3)14/h5-6H,4H2,1-3H3. The molecule has 0 radical (unpaired) electrons. The normalized spacial score (nSPS) is 9.57. The zero-order chi connectivity index (χ0) is 10.7. The van der Waals surface area contributed by atoms with E-state index in [2.05, 4.69) is 6.07 Å². The molecule has 0 N–H and O–H groups in total. The van der Waals surface area contributed by atoms with E-state index in [1.54, 1.807) is 19.1 Å². The molecule has 2 nitrogen and oxygen atoms in total. The third-order valence-corrected chi connectivity index (χ3v) is 2.28. The average Bonchev–Trinajstić information content (AvgIpc) is 2.15. The number of carbonyl (C=O) groups excluding carboxylic acids is 1. The number of hydrogen-bond acceptors (Lipinski definition) is 2. The van der Waals surface area contributed by atoms with Crippen LogP contribution in [-0.4, -0.2) is 5.78 Å². The van der Waals surface area contributed by atoms with Crippen molar-refractivity contribution in [3.8, 4) is 6.07 Å². The van der Waals surface area contributed by atoms with E-state index in [1.165, 1.54) is 0 Å². The molecule has 0 unspecified atom stereocenters.